The van der Waals surface area contributed by atoms with Crippen molar-refractivity contribution in [2.75, 3.05) is 23.3 Å². The number of benzene rings is 2. The molecule has 1 atom stereocenters. The molecule has 1 aliphatic heterocycles. The third-order valence-corrected chi connectivity index (χ3v) is 5.32. The maximum atomic E-state index is 11.8. The Morgan fingerprint density at radius 1 is 1.21 bits per heavy atom. The fraction of sp³-hybridized carbons (Fsp3) is 0.400. The van der Waals surface area contributed by atoms with Crippen LogP contribution in [0.4, 0.5) is 22.7 Å². The van der Waals surface area contributed by atoms with Crippen molar-refractivity contribution in [3.63, 3.8) is 0 Å². The summed E-state index contributed by atoms with van der Waals surface area (Å²) in [7, 11) is 0. The Labute approximate surface area is 162 Å². The topological polar surface area (TPSA) is 97.3 Å². The van der Waals surface area contributed by atoms with Crippen LogP contribution in [0.5, 0.6) is 0 Å². The third-order valence-electron chi connectivity index (χ3n) is 5.32. The number of nitro groups is 1. The van der Waals surface area contributed by atoms with E-state index < -0.39 is 4.92 Å². The number of aromatic nitrogens is 2. The molecule has 2 aromatic carbocycles. The first-order valence-electron chi connectivity index (χ1n) is 9.47. The van der Waals surface area contributed by atoms with E-state index in [4.69, 9.17) is 4.63 Å². The van der Waals surface area contributed by atoms with Crippen LogP contribution >= 0.6 is 0 Å². The van der Waals surface area contributed by atoms with Crippen LogP contribution in [-0.2, 0) is 0 Å². The minimum atomic E-state index is -0.430. The van der Waals surface area contributed by atoms with E-state index in [9.17, 15) is 10.1 Å². The number of piperidine rings is 1. The molecule has 0 bridgehead atoms. The van der Waals surface area contributed by atoms with Crippen molar-refractivity contribution in [1.82, 2.24) is 10.3 Å². The fourth-order valence-corrected chi connectivity index (χ4v) is 3.94. The number of fused-ring (bicyclic) bond motifs is 1. The van der Waals surface area contributed by atoms with Crippen LogP contribution in [0.3, 0.4) is 0 Å². The van der Waals surface area contributed by atoms with Gasteiger partial charge in [0.2, 0.25) is 5.52 Å². The molecule has 0 spiro atoms. The summed E-state index contributed by atoms with van der Waals surface area (Å²) in [6, 6.07) is 7.76. The van der Waals surface area contributed by atoms with E-state index >= 15 is 0 Å². The number of aryl methyl sites for hydroxylation is 2. The molecule has 0 amide bonds. The Kier molecular flexibility index (Phi) is 4.62. The van der Waals surface area contributed by atoms with Crippen LogP contribution in [0, 0.1) is 29.9 Å². The Morgan fingerprint density at radius 3 is 2.71 bits per heavy atom. The maximum Gasteiger partial charge on any atom is 0.324 e. The number of rotatable bonds is 4. The van der Waals surface area contributed by atoms with Gasteiger partial charge in [0, 0.05) is 18.8 Å². The van der Waals surface area contributed by atoms with Gasteiger partial charge in [-0.3, -0.25) is 10.1 Å². The normalized spacial score (nSPS) is 17.1. The number of anilines is 3. The van der Waals surface area contributed by atoms with Gasteiger partial charge in [0.25, 0.3) is 0 Å². The van der Waals surface area contributed by atoms with Crippen molar-refractivity contribution < 1.29 is 9.55 Å². The number of nitrogens with one attached hydrogen (secondary N) is 1. The highest BCUT2D eigenvalue weighted by Gasteiger charge is 2.29. The highest BCUT2D eigenvalue weighted by Crippen LogP contribution is 2.41. The first-order valence-corrected chi connectivity index (χ1v) is 9.47. The van der Waals surface area contributed by atoms with E-state index in [-0.39, 0.29) is 11.2 Å². The van der Waals surface area contributed by atoms with Gasteiger partial charge in [0.1, 0.15) is 5.69 Å². The summed E-state index contributed by atoms with van der Waals surface area (Å²) in [5, 5.41) is 22.9. The zero-order chi connectivity index (χ0) is 19.8. The lowest BCUT2D eigenvalue weighted by Crippen LogP contribution is -2.34. The number of nitrogens with zero attached hydrogens (tertiary/aromatic N) is 4. The van der Waals surface area contributed by atoms with E-state index in [1.54, 1.807) is 0 Å². The van der Waals surface area contributed by atoms with Crippen molar-refractivity contribution in [2.45, 2.75) is 33.6 Å². The Morgan fingerprint density at radius 2 is 2.00 bits per heavy atom. The van der Waals surface area contributed by atoms with E-state index in [0.717, 1.165) is 42.0 Å². The van der Waals surface area contributed by atoms with Crippen LogP contribution in [0.15, 0.2) is 28.9 Å². The second kappa shape index (κ2) is 7.10. The van der Waals surface area contributed by atoms with Crippen LogP contribution in [0.1, 0.15) is 30.9 Å². The van der Waals surface area contributed by atoms with Crippen molar-refractivity contribution >= 4 is 33.8 Å². The van der Waals surface area contributed by atoms with Gasteiger partial charge in [-0.15, -0.1) is 0 Å². The largest absolute Gasteiger partial charge is 0.369 e. The Hall–Kier alpha value is -3.16. The molecule has 2 heterocycles. The second-order valence-electron chi connectivity index (χ2n) is 7.65. The first kappa shape index (κ1) is 18.2. The molecule has 0 unspecified atom stereocenters. The van der Waals surface area contributed by atoms with Crippen LogP contribution in [-0.4, -0.2) is 28.3 Å². The Bertz CT molecular complexity index is 1050. The Balaban J connectivity index is 1.86. The molecule has 28 heavy (non-hydrogen) atoms. The molecule has 146 valence electrons. The molecular formula is C20H23N5O3. The average molecular weight is 381 g/mol. The average Bonchev–Trinajstić information content (AvgIpc) is 3.12. The summed E-state index contributed by atoms with van der Waals surface area (Å²) in [6.07, 6.45) is 2.25. The van der Waals surface area contributed by atoms with Gasteiger partial charge >= 0.3 is 5.69 Å². The van der Waals surface area contributed by atoms with Gasteiger partial charge in [-0.2, -0.15) is 0 Å². The van der Waals surface area contributed by atoms with Gasteiger partial charge in [-0.25, -0.2) is 4.63 Å². The van der Waals surface area contributed by atoms with E-state index in [1.807, 2.05) is 38.1 Å². The zero-order valence-electron chi connectivity index (χ0n) is 16.2. The second-order valence-corrected chi connectivity index (χ2v) is 7.65. The van der Waals surface area contributed by atoms with E-state index in [2.05, 4.69) is 27.5 Å². The van der Waals surface area contributed by atoms with Gasteiger partial charge in [-0.1, -0.05) is 24.6 Å². The predicted molar refractivity (Wildman–Crippen MR) is 108 cm³/mol. The molecule has 0 aliphatic carbocycles. The van der Waals surface area contributed by atoms with E-state index in [1.165, 1.54) is 6.42 Å². The quantitative estimate of drug-likeness (QED) is 0.515. The molecule has 3 aromatic rings. The lowest BCUT2D eigenvalue weighted by atomic mass is 9.99. The SMILES string of the molecule is Cc1ccc(Nc2cc(N3CCC[C@@H](C)C3)c3nonc3c2[N+](=O)[O-])c(C)c1. The molecule has 0 saturated carbocycles. The molecule has 4 rings (SSSR count). The van der Waals surface area contributed by atoms with Crippen LogP contribution in [0.25, 0.3) is 11.0 Å². The monoisotopic (exact) mass is 381 g/mol. The van der Waals surface area contributed by atoms with Gasteiger partial charge < -0.3 is 10.2 Å². The van der Waals surface area contributed by atoms with Crippen LogP contribution in [0.2, 0.25) is 0 Å². The summed E-state index contributed by atoms with van der Waals surface area (Å²) in [5.41, 5.74) is 4.68. The van der Waals surface area contributed by atoms with Gasteiger partial charge in [0.05, 0.1) is 10.6 Å². The smallest absolute Gasteiger partial charge is 0.324 e. The predicted octanol–water partition coefficient (Wildman–Crippen LogP) is 4.73. The lowest BCUT2D eigenvalue weighted by molar-refractivity contribution is -0.382. The van der Waals surface area contributed by atoms with Crippen molar-refractivity contribution in [3.8, 4) is 0 Å². The molecule has 1 aromatic heterocycles. The van der Waals surface area contributed by atoms with E-state index in [0.29, 0.717) is 17.1 Å². The molecule has 1 aliphatic rings. The maximum absolute atomic E-state index is 11.8. The number of hydrogen-bond acceptors (Lipinski definition) is 7. The van der Waals surface area contributed by atoms with Crippen molar-refractivity contribution in [1.29, 1.82) is 0 Å². The highest BCUT2D eigenvalue weighted by atomic mass is 16.6. The van der Waals surface area contributed by atoms with Crippen LogP contribution < -0.4 is 10.2 Å². The number of hydrogen-bond donors (Lipinski definition) is 1. The molecular weight excluding hydrogens is 358 g/mol. The van der Waals surface area contributed by atoms with Gasteiger partial charge in [-0.05, 0) is 60.6 Å². The summed E-state index contributed by atoms with van der Waals surface area (Å²) >= 11 is 0. The van der Waals surface area contributed by atoms with Crippen molar-refractivity contribution in [2.24, 2.45) is 5.92 Å². The minimum Gasteiger partial charge on any atom is -0.369 e. The summed E-state index contributed by atoms with van der Waals surface area (Å²) < 4.78 is 4.90. The summed E-state index contributed by atoms with van der Waals surface area (Å²) in [6.45, 7) is 7.97. The molecule has 1 saturated heterocycles. The molecule has 0 radical (unpaired) electrons. The molecule has 8 nitrogen and oxygen atoms in total. The molecule has 1 fully saturated rings. The standard InChI is InChI=1S/C20H23N5O3/c1-12-6-7-15(14(3)9-12)21-16-10-17(24-8-4-5-13(2)11-24)18-19(23-28-22-18)20(16)25(26)27/h6-7,9-10,13,21H,4-5,8,11H2,1-3H3/t13-/m1/s1. The van der Waals surface area contributed by atoms with Crippen molar-refractivity contribution in [3.05, 3.63) is 45.5 Å². The summed E-state index contributed by atoms with van der Waals surface area (Å²) in [5.74, 6) is 0.551. The third kappa shape index (κ3) is 3.26. The summed E-state index contributed by atoms with van der Waals surface area (Å²) in [4.78, 5) is 13.6. The zero-order valence-corrected chi connectivity index (χ0v) is 16.2. The molecule has 1 N–H and O–H groups in total. The lowest BCUT2D eigenvalue weighted by Gasteiger charge is -2.32. The highest BCUT2D eigenvalue weighted by molar-refractivity contribution is 6.00. The fourth-order valence-electron chi connectivity index (χ4n) is 3.94. The van der Waals surface area contributed by atoms with Gasteiger partial charge in [0.15, 0.2) is 5.52 Å². The number of nitro benzene ring substituents is 1. The first-order chi connectivity index (χ1) is 13.4. The minimum absolute atomic E-state index is 0.120. The molecule has 8 heteroatoms.